The number of methoxy groups -OCH3 is 1. The minimum absolute atomic E-state index is 0.0783. The van der Waals surface area contributed by atoms with Crippen LogP contribution in [-0.4, -0.2) is 114 Å². The minimum Gasteiger partial charge on any atom is -0.461 e. The summed E-state index contributed by atoms with van der Waals surface area (Å²) in [6.07, 6.45) is 9.16. The number of nitrogens with two attached hydrogens (primary N) is 1. The quantitative estimate of drug-likeness (QED) is 0.225. The second-order valence-corrected chi connectivity index (χ2v) is 16.3. The lowest BCUT2D eigenvalue weighted by Gasteiger charge is -2.44. The third kappa shape index (κ3) is 5.72. The lowest BCUT2D eigenvalue weighted by Crippen LogP contribution is -2.56. The van der Waals surface area contributed by atoms with Crippen LogP contribution in [0.2, 0.25) is 0 Å². The maximum atomic E-state index is 17.6. The van der Waals surface area contributed by atoms with Crippen LogP contribution in [0.4, 0.5) is 19.6 Å². The summed E-state index contributed by atoms with van der Waals surface area (Å²) in [5.74, 6) is -0.584. The Kier molecular flexibility index (Phi) is 9.56. The molecule has 2 bridgehead atoms. The van der Waals surface area contributed by atoms with Gasteiger partial charge in [0.05, 0.1) is 58.5 Å². The summed E-state index contributed by atoms with van der Waals surface area (Å²) < 4.78 is 57.0. The van der Waals surface area contributed by atoms with Crippen LogP contribution in [0.3, 0.4) is 0 Å². The van der Waals surface area contributed by atoms with Crippen LogP contribution >= 0.6 is 24.0 Å². The first kappa shape index (κ1) is 36.2. The van der Waals surface area contributed by atoms with Crippen molar-refractivity contribution in [1.29, 1.82) is 5.26 Å². The predicted octanol–water partition coefficient (Wildman–Crippen LogP) is 5.29. The summed E-state index contributed by atoms with van der Waals surface area (Å²) in [5, 5.41) is 11.0. The van der Waals surface area contributed by atoms with Gasteiger partial charge in [0, 0.05) is 62.9 Å². The number of piperazine rings is 1. The Morgan fingerprint density at radius 1 is 1.11 bits per heavy atom. The number of nitriles is 1. The zero-order valence-electron chi connectivity index (χ0n) is 30.4. The number of nitrogens with zero attached hydrogens (tertiary/aromatic N) is 7. The molecular weight excluding hydrogens is 735 g/mol. The molecule has 4 aromatic rings. The van der Waals surface area contributed by atoms with Gasteiger partial charge in [-0.25, -0.2) is 8.78 Å². The third-order valence-electron chi connectivity index (χ3n) is 12.4. The van der Waals surface area contributed by atoms with Crippen molar-refractivity contribution in [3.63, 3.8) is 0 Å². The van der Waals surface area contributed by atoms with Gasteiger partial charge in [0.1, 0.15) is 29.0 Å². The Labute approximate surface area is 321 Å². The molecule has 10 rings (SSSR count). The zero-order chi connectivity index (χ0) is 37.3. The summed E-state index contributed by atoms with van der Waals surface area (Å²) in [4.78, 5) is 21.7. The van der Waals surface area contributed by atoms with E-state index in [1.165, 1.54) is 0 Å². The Hall–Kier alpha value is -3.43. The summed E-state index contributed by atoms with van der Waals surface area (Å²) in [6.45, 7) is 6.01. The van der Waals surface area contributed by atoms with Crippen molar-refractivity contribution in [3.05, 3.63) is 34.5 Å². The maximum Gasteiger partial charge on any atom is 0.319 e. The molecule has 2 N–H and O–H groups in total. The first-order valence-corrected chi connectivity index (χ1v) is 20.4. The van der Waals surface area contributed by atoms with Crippen LogP contribution in [0.15, 0.2) is 6.20 Å². The molecule has 286 valence electrons. The number of benzene rings is 1. The van der Waals surface area contributed by atoms with E-state index in [0.29, 0.717) is 23.4 Å². The molecule has 0 radical (unpaired) electrons. The molecule has 54 heavy (non-hydrogen) atoms. The average Bonchev–Trinajstić information content (AvgIpc) is 3.98. The second kappa shape index (κ2) is 14.3. The molecule has 5 atom stereocenters. The fourth-order valence-electron chi connectivity index (χ4n) is 9.90. The van der Waals surface area contributed by atoms with Gasteiger partial charge in [0.25, 0.3) is 0 Å². The second-order valence-electron chi connectivity index (χ2n) is 15.2. The zero-order valence-corrected chi connectivity index (χ0v) is 32.2. The summed E-state index contributed by atoms with van der Waals surface area (Å²) in [7, 11) is 1.75. The maximum absolute atomic E-state index is 17.6. The van der Waals surface area contributed by atoms with Crippen molar-refractivity contribution < 1.29 is 27.7 Å². The van der Waals surface area contributed by atoms with E-state index < -0.39 is 11.6 Å². The van der Waals surface area contributed by atoms with Gasteiger partial charge in [-0.2, -0.15) is 27.9 Å². The molecule has 0 amide bonds. The molecule has 6 aliphatic rings. The molecule has 1 aromatic carbocycles. The van der Waals surface area contributed by atoms with E-state index in [4.69, 9.17) is 34.6 Å². The van der Waals surface area contributed by atoms with E-state index in [9.17, 15) is 5.26 Å². The highest BCUT2D eigenvalue weighted by Crippen LogP contribution is 2.48. The number of nitrogen functional groups attached to an aromatic ring is 1. The average molecular weight is 779 g/mol. The number of pyridine rings is 1. The highest BCUT2D eigenvalue weighted by Gasteiger charge is 2.50. The number of likely N-dealkylation sites (tertiary alicyclic amines) is 1. The standard InChI is InChI=1S/C37H40F2N8O4S.CH4S/c1-48-22-9-37(6-2-7-46(37)15-22)18-51-36-43-32-29(35(44-36)47-19-3-4-20(47)13-45(12-19)14-21-5-8-50-21)25-17-49-16-24(25)27(30(32)39)31-28-23(10-40)34(41)52-33(28)26(38)11-42-31;1-2/h11,19-22H,2-9,12-18,41H2,1H3;2H,1H3. The van der Waals surface area contributed by atoms with E-state index in [1.807, 2.05) is 0 Å². The molecule has 5 saturated heterocycles. The molecule has 3 aromatic heterocycles. The lowest BCUT2D eigenvalue weighted by molar-refractivity contribution is -0.0687. The molecule has 0 saturated carbocycles. The predicted molar refractivity (Wildman–Crippen MR) is 205 cm³/mol. The number of aromatic nitrogens is 3. The van der Waals surface area contributed by atoms with E-state index in [-0.39, 0.29) is 86.5 Å². The Morgan fingerprint density at radius 2 is 1.89 bits per heavy atom. The van der Waals surface area contributed by atoms with Gasteiger partial charge < -0.3 is 29.6 Å². The lowest BCUT2D eigenvalue weighted by atomic mass is 9.93. The number of anilines is 2. The van der Waals surface area contributed by atoms with Gasteiger partial charge in [0.15, 0.2) is 11.6 Å². The number of thiophene rings is 1. The molecular formula is C38H44F2N8O4S2. The number of halogens is 2. The van der Waals surface area contributed by atoms with Gasteiger partial charge in [-0.05, 0) is 62.5 Å². The fraction of sp³-hybridized carbons (Fsp3) is 0.579. The molecule has 9 heterocycles. The molecule has 6 aliphatic heterocycles. The smallest absolute Gasteiger partial charge is 0.319 e. The van der Waals surface area contributed by atoms with E-state index in [0.717, 1.165) is 101 Å². The van der Waals surface area contributed by atoms with Crippen molar-refractivity contribution in [2.45, 2.75) is 81.6 Å². The number of thiol groups is 1. The largest absolute Gasteiger partial charge is 0.461 e. The molecule has 12 nitrogen and oxygen atoms in total. The highest BCUT2D eigenvalue weighted by atomic mass is 32.1. The SMILES string of the molecule is COC1CN2CCCC2(COc2nc(N3C4CCC3CN(CC3CCO3)C4)c3c4c(c(-c5ncc(F)c6sc(N)c(C#N)c56)c(F)c3n2)COC4)C1.CS. The number of hydrogen-bond donors (Lipinski definition) is 2. The van der Waals surface area contributed by atoms with Gasteiger partial charge >= 0.3 is 6.01 Å². The number of rotatable bonds is 8. The third-order valence-corrected chi connectivity index (χ3v) is 13.5. The fourth-order valence-corrected chi connectivity index (χ4v) is 10.8. The molecule has 0 spiro atoms. The Bertz CT molecular complexity index is 2150. The van der Waals surface area contributed by atoms with Gasteiger partial charge in [-0.3, -0.25) is 14.8 Å². The molecule has 0 aliphatic carbocycles. The normalized spacial score (nSPS) is 27.5. The summed E-state index contributed by atoms with van der Waals surface area (Å²) >= 11 is 4.49. The van der Waals surface area contributed by atoms with E-state index >= 15 is 8.78 Å². The topological polar surface area (TPSA) is 135 Å². The minimum atomic E-state index is -0.629. The monoisotopic (exact) mass is 778 g/mol. The molecule has 5 unspecified atom stereocenters. The van der Waals surface area contributed by atoms with Crippen LogP contribution < -0.4 is 15.4 Å². The molecule has 5 fully saturated rings. The van der Waals surface area contributed by atoms with E-state index in [2.05, 4.69) is 38.4 Å². The summed E-state index contributed by atoms with van der Waals surface area (Å²) in [5.41, 5.74) is 7.83. The van der Waals surface area contributed by atoms with Crippen LogP contribution in [0, 0.1) is 23.0 Å². The van der Waals surface area contributed by atoms with Gasteiger partial charge in [-0.15, -0.1) is 11.3 Å². The van der Waals surface area contributed by atoms with Crippen molar-refractivity contribution in [2.24, 2.45) is 0 Å². The van der Waals surface area contributed by atoms with Crippen molar-refractivity contribution in [2.75, 3.05) is 69.9 Å². The first-order valence-electron chi connectivity index (χ1n) is 18.7. The van der Waals surface area contributed by atoms with Crippen LogP contribution in [0.1, 0.15) is 55.2 Å². The number of fused-ring (bicyclic) bond motifs is 7. The van der Waals surface area contributed by atoms with Gasteiger partial charge in [-0.1, -0.05) is 0 Å². The summed E-state index contributed by atoms with van der Waals surface area (Å²) in [6, 6.07) is 2.57. The van der Waals surface area contributed by atoms with Crippen molar-refractivity contribution in [1.82, 2.24) is 24.8 Å². The van der Waals surface area contributed by atoms with Crippen LogP contribution in [0.25, 0.3) is 32.2 Å². The van der Waals surface area contributed by atoms with Crippen molar-refractivity contribution in [3.8, 4) is 23.3 Å². The Morgan fingerprint density at radius 3 is 2.61 bits per heavy atom. The highest BCUT2D eigenvalue weighted by molar-refractivity contribution is 7.79. The molecule has 16 heteroatoms. The van der Waals surface area contributed by atoms with Crippen LogP contribution in [0.5, 0.6) is 6.01 Å². The first-order chi connectivity index (χ1) is 26.4. The Balaban J connectivity index is 0.00000189. The van der Waals surface area contributed by atoms with Gasteiger partial charge in [0.2, 0.25) is 0 Å². The number of hydrogen-bond acceptors (Lipinski definition) is 14. The van der Waals surface area contributed by atoms with Crippen LogP contribution in [-0.2, 0) is 27.4 Å². The van der Waals surface area contributed by atoms with E-state index in [1.54, 1.807) is 13.4 Å². The van der Waals surface area contributed by atoms with Crippen molar-refractivity contribution >= 4 is 55.8 Å². The number of ether oxygens (including phenoxy) is 4.